The van der Waals surface area contributed by atoms with E-state index in [-0.39, 0.29) is 5.75 Å². The Morgan fingerprint density at radius 2 is 1.97 bits per heavy atom. The number of hydrogen-bond acceptors (Lipinski definition) is 7. The molecule has 5 rings (SSSR count). The fourth-order valence-corrected chi connectivity index (χ4v) is 5.51. The van der Waals surface area contributed by atoms with E-state index in [2.05, 4.69) is 21.1 Å². The summed E-state index contributed by atoms with van der Waals surface area (Å²) >= 11 is 0.491. The minimum Gasteiger partial charge on any atom is -0.593 e. The second-order valence-electron chi connectivity index (χ2n) is 7.19. The van der Waals surface area contributed by atoms with Gasteiger partial charge in [-0.1, -0.05) is 18.2 Å². The van der Waals surface area contributed by atoms with Crippen LogP contribution in [0.3, 0.4) is 0 Å². The van der Waals surface area contributed by atoms with E-state index < -0.39 is 11.4 Å². The van der Waals surface area contributed by atoms with E-state index in [1.54, 1.807) is 30.5 Å². The van der Waals surface area contributed by atoms with Crippen LogP contribution in [-0.4, -0.2) is 26.7 Å². The summed E-state index contributed by atoms with van der Waals surface area (Å²) in [6.07, 6.45) is 3.74. The molecule has 0 saturated carbocycles. The summed E-state index contributed by atoms with van der Waals surface area (Å²) in [5, 5.41) is 13.1. The third-order valence-electron chi connectivity index (χ3n) is 5.17. The lowest BCUT2D eigenvalue weighted by molar-refractivity contribution is 0.475. The number of aryl methyl sites for hydroxylation is 2. The van der Waals surface area contributed by atoms with Gasteiger partial charge in [-0.15, -0.1) is 16.1 Å². The Hall–Kier alpha value is -2.91. The van der Waals surface area contributed by atoms with E-state index in [9.17, 15) is 9.66 Å². The number of thiophene rings is 1. The van der Waals surface area contributed by atoms with Crippen LogP contribution in [0, 0.1) is 0 Å². The fraction of sp³-hybridized carbons (Fsp3) is 0.130. The van der Waals surface area contributed by atoms with Gasteiger partial charge in [-0.3, -0.25) is 0 Å². The molecular weight excluding hydrogens is 428 g/mol. The monoisotopic (exact) mass is 448 g/mol. The Morgan fingerprint density at radius 3 is 2.81 bits per heavy atom. The molecule has 1 unspecified atom stereocenters. The average molecular weight is 449 g/mol. The second kappa shape index (κ2) is 8.32. The van der Waals surface area contributed by atoms with E-state index in [1.165, 1.54) is 4.88 Å². The van der Waals surface area contributed by atoms with Crippen molar-refractivity contribution < 1.29 is 9.66 Å². The maximum absolute atomic E-state index is 12.0. The van der Waals surface area contributed by atoms with Gasteiger partial charge in [0.05, 0.1) is 17.1 Å². The largest absolute Gasteiger partial charge is 0.593 e. The van der Waals surface area contributed by atoms with Crippen LogP contribution >= 0.6 is 11.3 Å². The molecule has 2 aromatic carbocycles. The Balaban J connectivity index is 1.48. The van der Waals surface area contributed by atoms with Gasteiger partial charge in [-0.2, -0.15) is 0 Å². The van der Waals surface area contributed by atoms with Crippen LogP contribution in [0.2, 0.25) is 0 Å². The molecule has 0 bridgehead atoms. The van der Waals surface area contributed by atoms with Gasteiger partial charge in [0.25, 0.3) is 0 Å². The number of nitrogens with one attached hydrogen (secondary N) is 2. The lowest BCUT2D eigenvalue weighted by Gasteiger charge is -2.16. The summed E-state index contributed by atoms with van der Waals surface area (Å²) in [6.45, 7) is 0. The number of benzene rings is 2. The van der Waals surface area contributed by atoms with Crippen molar-refractivity contribution in [2.24, 2.45) is 0 Å². The first-order chi connectivity index (χ1) is 15.1. The smallest absolute Gasteiger partial charge is 0.227 e. The van der Waals surface area contributed by atoms with Crippen molar-refractivity contribution in [1.29, 1.82) is 0 Å². The van der Waals surface area contributed by atoms with Gasteiger partial charge >= 0.3 is 0 Å². The molecule has 2 heterocycles. The number of aromatic hydroxyl groups is 1. The highest BCUT2D eigenvalue weighted by Crippen LogP contribution is 2.42. The summed E-state index contributed by atoms with van der Waals surface area (Å²) in [4.78, 5) is 12.4. The molecule has 2 aromatic heterocycles. The van der Waals surface area contributed by atoms with Crippen LogP contribution in [0.5, 0.6) is 5.75 Å². The van der Waals surface area contributed by atoms with Crippen LogP contribution in [0.15, 0.2) is 65.7 Å². The lowest BCUT2D eigenvalue weighted by Crippen LogP contribution is -2.18. The fourth-order valence-electron chi connectivity index (χ4n) is 3.68. The zero-order valence-electron chi connectivity index (χ0n) is 16.8. The lowest BCUT2D eigenvalue weighted by atomic mass is 9.96. The summed E-state index contributed by atoms with van der Waals surface area (Å²) < 4.78 is 14.8. The maximum Gasteiger partial charge on any atom is 0.227 e. The van der Waals surface area contributed by atoms with Crippen LogP contribution < -0.4 is 10.0 Å². The first-order valence-corrected chi connectivity index (χ1v) is 11.8. The van der Waals surface area contributed by atoms with Crippen molar-refractivity contribution >= 4 is 34.3 Å². The predicted octanol–water partition coefficient (Wildman–Crippen LogP) is 4.66. The van der Waals surface area contributed by atoms with E-state index in [0.717, 1.165) is 45.8 Å². The molecular formula is C23H20N4O2S2. The number of rotatable bonds is 5. The van der Waals surface area contributed by atoms with Crippen LogP contribution in [0.25, 0.3) is 21.7 Å². The molecule has 0 amide bonds. The van der Waals surface area contributed by atoms with Crippen LogP contribution in [0.1, 0.15) is 10.4 Å². The highest BCUT2D eigenvalue weighted by atomic mass is 32.2. The second-order valence-corrected chi connectivity index (χ2v) is 9.74. The maximum atomic E-state index is 12.0. The molecule has 8 heteroatoms. The minimum absolute atomic E-state index is 0.263. The van der Waals surface area contributed by atoms with E-state index in [0.29, 0.717) is 10.8 Å². The van der Waals surface area contributed by atoms with Crippen LogP contribution in [0.4, 0.5) is 11.6 Å². The number of phenolic OH excluding ortho intramolecular Hbond substituents is 1. The first-order valence-electron chi connectivity index (χ1n) is 9.85. The summed E-state index contributed by atoms with van der Waals surface area (Å²) in [6, 6.07) is 16.9. The molecule has 0 aliphatic heterocycles. The third-order valence-corrected chi connectivity index (χ3v) is 7.47. The zero-order chi connectivity index (χ0) is 21.4. The van der Waals surface area contributed by atoms with Crippen molar-refractivity contribution in [3.05, 3.63) is 71.2 Å². The average Bonchev–Trinajstić information content (AvgIpc) is 3.24. The number of phenols is 1. The molecule has 6 nitrogen and oxygen atoms in total. The van der Waals surface area contributed by atoms with Gasteiger partial charge in [0.15, 0.2) is 4.90 Å². The Bertz CT molecular complexity index is 1260. The molecule has 3 N–H and O–H groups in total. The Morgan fingerprint density at radius 1 is 1.10 bits per heavy atom. The number of aromatic nitrogens is 2. The molecule has 0 saturated heterocycles. The van der Waals surface area contributed by atoms with Crippen molar-refractivity contribution in [3.63, 3.8) is 0 Å². The molecule has 0 spiro atoms. The predicted molar refractivity (Wildman–Crippen MR) is 125 cm³/mol. The topological polar surface area (TPSA) is 93.1 Å². The molecule has 1 atom stereocenters. The van der Waals surface area contributed by atoms with Gasteiger partial charge in [-0.05, 0) is 54.3 Å². The number of hydrogen-bond donors (Lipinski definition) is 3. The third kappa shape index (κ3) is 4.03. The van der Waals surface area contributed by atoms with Crippen molar-refractivity contribution in [3.8, 4) is 27.4 Å². The van der Waals surface area contributed by atoms with Crippen molar-refractivity contribution in [2.45, 2.75) is 17.7 Å². The van der Waals surface area contributed by atoms with Gasteiger partial charge in [0.1, 0.15) is 5.75 Å². The molecule has 4 aromatic rings. The Kier molecular flexibility index (Phi) is 5.37. The SMILES string of the molecule is CN[S+]([O-])c1cccc(Nc2ncc3c(n2)-c2cc(-c4cccc(O)c4)sc2CC3)c1. The summed E-state index contributed by atoms with van der Waals surface area (Å²) in [5.74, 6) is 0.767. The van der Waals surface area contributed by atoms with E-state index >= 15 is 0 Å². The molecule has 0 radical (unpaired) electrons. The number of anilines is 2. The molecule has 31 heavy (non-hydrogen) atoms. The minimum atomic E-state index is -1.25. The quantitative estimate of drug-likeness (QED) is 0.385. The molecule has 0 fully saturated rings. The van der Waals surface area contributed by atoms with Gasteiger partial charge in [0, 0.05) is 40.3 Å². The zero-order valence-corrected chi connectivity index (χ0v) is 18.4. The summed E-state index contributed by atoms with van der Waals surface area (Å²) in [7, 11) is 1.66. The normalized spacial score (nSPS) is 13.4. The molecule has 156 valence electrons. The summed E-state index contributed by atoms with van der Waals surface area (Å²) in [5.41, 5.74) is 4.98. The van der Waals surface area contributed by atoms with E-state index in [1.807, 2.05) is 42.6 Å². The van der Waals surface area contributed by atoms with Gasteiger partial charge in [0.2, 0.25) is 5.95 Å². The van der Waals surface area contributed by atoms with Crippen LogP contribution in [-0.2, 0) is 24.2 Å². The van der Waals surface area contributed by atoms with E-state index in [4.69, 9.17) is 4.98 Å². The first kappa shape index (κ1) is 20.0. The van der Waals surface area contributed by atoms with Crippen molar-refractivity contribution in [1.82, 2.24) is 14.7 Å². The highest BCUT2D eigenvalue weighted by molar-refractivity contribution is 7.89. The van der Waals surface area contributed by atoms with Gasteiger partial charge in [-0.25, -0.2) is 9.97 Å². The number of nitrogens with zero attached hydrogens (tertiary/aromatic N) is 2. The molecule has 1 aliphatic rings. The van der Waals surface area contributed by atoms with Gasteiger partial charge < -0.3 is 15.0 Å². The number of fused-ring (bicyclic) bond motifs is 3. The highest BCUT2D eigenvalue weighted by Gasteiger charge is 2.22. The molecule has 1 aliphatic carbocycles. The standard InChI is InChI=1S/C23H20N4O2S2/c1-24-31(29)18-7-3-5-16(11-18)26-23-25-13-15-8-9-20-19(22(15)27-23)12-21(30-20)14-4-2-6-17(28)10-14/h2-7,10-13,24,28H,8-9H2,1H3,(H,25,26,27). The van der Waals surface area contributed by atoms with Crippen molar-refractivity contribution in [2.75, 3.05) is 12.4 Å². The Labute approximate surface area is 187 Å².